The maximum Gasteiger partial charge on any atom is 2.00 e. The van der Waals surface area contributed by atoms with Crippen molar-refractivity contribution < 1.29 is 26.2 Å². The van der Waals surface area contributed by atoms with Crippen molar-refractivity contribution in [3.63, 3.8) is 0 Å². The maximum absolute atomic E-state index is 4.80. The number of hydrogen-bond donors (Lipinski definition) is 0. The minimum Gasteiger partial charge on any atom is -0.784 e. The van der Waals surface area contributed by atoms with E-state index in [1.54, 1.807) is 0 Å². The van der Waals surface area contributed by atoms with Gasteiger partial charge >= 0.3 is 26.2 Å². The third-order valence-corrected chi connectivity index (χ3v) is 1.65. The first-order valence-corrected chi connectivity index (χ1v) is 4.24. The van der Waals surface area contributed by atoms with Gasteiger partial charge in [0.2, 0.25) is 0 Å². The molecule has 0 saturated heterocycles. The molecule has 0 nitrogen and oxygen atoms in total. The van der Waals surface area contributed by atoms with E-state index in [9.17, 15) is 0 Å². The Balaban J connectivity index is 0. The molecule has 0 saturated carbocycles. The molecule has 0 aliphatic heterocycles. The zero-order valence-corrected chi connectivity index (χ0v) is 11.7. The van der Waals surface area contributed by atoms with Gasteiger partial charge in [-0.15, -0.1) is 12.4 Å². The van der Waals surface area contributed by atoms with Gasteiger partial charge < -0.3 is 12.6 Å². The van der Waals surface area contributed by atoms with E-state index >= 15 is 0 Å². The van der Waals surface area contributed by atoms with Crippen LogP contribution in [0.5, 0.6) is 0 Å². The summed E-state index contributed by atoms with van der Waals surface area (Å²) in [6.45, 7) is 0. The summed E-state index contributed by atoms with van der Waals surface area (Å²) in [4.78, 5) is 1.05. The second-order valence-corrected chi connectivity index (χ2v) is 2.87. The summed E-state index contributed by atoms with van der Waals surface area (Å²) in [6, 6.07) is 12.5. The molecule has 0 N–H and O–H groups in total. The predicted molar refractivity (Wildman–Crippen MR) is 61.7 cm³/mol. The SMILES string of the molecule is Cl.[S-]C1=CC=CC1.[Zr+2].[c-]1ccccc1. The molecule has 0 bridgehead atoms. The van der Waals surface area contributed by atoms with Crippen LogP contribution in [0.15, 0.2) is 53.5 Å². The van der Waals surface area contributed by atoms with Gasteiger partial charge in [0, 0.05) is 0 Å². The zero-order valence-electron chi connectivity index (χ0n) is 7.64. The molecule has 0 atom stereocenters. The average molecular weight is 302 g/mol. The first kappa shape index (κ1) is 16.5. The summed E-state index contributed by atoms with van der Waals surface area (Å²) < 4.78 is 0. The number of hydrogen-bond acceptors (Lipinski definition) is 1. The van der Waals surface area contributed by atoms with Crippen molar-refractivity contribution in [2.45, 2.75) is 6.42 Å². The van der Waals surface area contributed by atoms with Crippen LogP contribution in [0, 0.1) is 6.07 Å². The molecular formula is C11H11ClSZr. The quantitative estimate of drug-likeness (QED) is 0.523. The Morgan fingerprint density at radius 3 is 1.93 bits per heavy atom. The summed E-state index contributed by atoms with van der Waals surface area (Å²) in [5.41, 5.74) is 0. The molecule has 1 aromatic carbocycles. The molecule has 72 valence electrons. The van der Waals surface area contributed by atoms with Crippen LogP contribution in [0.2, 0.25) is 0 Å². The molecule has 1 aliphatic carbocycles. The van der Waals surface area contributed by atoms with Gasteiger partial charge in [0.25, 0.3) is 0 Å². The van der Waals surface area contributed by atoms with E-state index in [0.717, 1.165) is 11.3 Å². The van der Waals surface area contributed by atoms with E-state index in [-0.39, 0.29) is 38.6 Å². The molecule has 0 spiro atoms. The number of allylic oxidation sites excluding steroid dienone is 4. The fourth-order valence-electron chi connectivity index (χ4n) is 0.770. The Hall–Kier alpha value is 0.0931. The molecule has 0 unspecified atom stereocenters. The van der Waals surface area contributed by atoms with Crippen LogP contribution in [0.1, 0.15) is 6.42 Å². The molecule has 1 aliphatic rings. The van der Waals surface area contributed by atoms with Crippen LogP contribution in [0.4, 0.5) is 0 Å². The second kappa shape index (κ2) is 11.2. The Morgan fingerprint density at radius 1 is 1.14 bits per heavy atom. The normalized spacial score (nSPS) is 11.3. The summed E-state index contributed by atoms with van der Waals surface area (Å²) in [6.07, 6.45) is 6.98. The van der Waals surface area contributed by atoms with Gasteiger partial charge in [0.05, 0.1) is 0 Å². The van der Waals surface area contributed by atoms with Gasteiger partial charge in [-0.3, -0.25) is 0 Å². The fourth-order valence-corrected chi connectivity index (χ4v) is 0.944. The van der Waals surface area contributed by atoms with E-state index in [4.69, 9.17) is 12.6 Å². The largest absolute Gasteiger partial charge is 2.00 e. The summed E-state index contributed by atoms with van der Waals surface area (Å²) in [7, 11) is 0. The van der Waals surface area contributed by atoms with Crippen molar-refractivity contribution >= 4 is 25.0 Å². The second-order valence-electron chi connectivity index (χ2n) is 2.34. The summed E-state index contributed by atoms with van der Waals surface area (Å²) in [5.74, 6) is 0. The van der Waals surface area contributed by atoms with Crippen LogP contribution < -0.4 is 0 Å². The molecule has 0 amide bonds. The molecular weight excluding hydrogens is 291 g/mol. The Labute approximate surface area is 116 Å². The van der Waals surface area contributed by atoms with Gasteiger partial charge in [-0.1, -0.05) is 18.2 Å². The van der Waals surface area contributed by atoms with E-state index in [2.05, 4.69) is 12.1 Å². The van der Waals surface area contributed by atoms with Gasteiger partial charge in [-0.05, 0) is 6.42 Å². The first-order valence-electron chi connectivity index (χ1n) is 3.83. The third-order valence-electron chi connectivity index (χ3n) is 1.34. The standard InChI is InChI=1S/C6H5.C5H6S.ClH.Zr/c1-2-4-6-5-3-1;6-5-3-1-2-4-5;;/h1-5H;1-3,6H,4H2;1H;/q-1;;;+2/p-1. The summed E-state index contributed by atoms with van der Waals surface area (Å²) >= 11 is 4.80. The van der Waals surface area contributed by atoms with Crippen LogP contribution in [0.3, 0.4) is 0 Å². The Bertz CT molecular complexity index is 243. The maximum atomic E-state index is 4.80. The van der Waals surface area contributed by atoms with Crippen LogP contribution >= 0.6 is 12.4 Å². The zero-order chi connectivity index (χ0) is 8.65. The predicted octanol–water partition coefficient (Wildman–Crippen LogP) is 3.28. The molecule has 1 aromatic rings. The van der Waals surface area contributed by atoms with Crippen molar-refractivity contribution in [2.24, 2.45) is 0 Å². The van der Waals surface area contributed by atoms with Crippen LogP contribution in [-0.2, 0) is 38.8 Å². The monoisotopic (exact) mass is 300 g/mol. The Morgan fingerprint density at radius 2 is 1.79 bits per heavy atom. The smallest absolute Gasteiger partial charge is 0.784 e. The minimum atomic E-state index is 0. The summed E-state index contributed by atoms with van der Waals surface area (Å²) in [5, 5.41) is 0. The van der Waals surface area contributed by atoms with E-state index in [1.165, 1.54) is 0 Å². The van der Waals surface area contributed by atoms with Crippen molar-refractivity contribution in [3.8, 4) is 0 Å². The van der Waals surface area contributed by atoms with Crippen LogP contribution in [-0.4, -0.2) is 0 Å². The third kappa shape index (κ3) is 8.68. The van der Waals surface area contributed by atoms with Crippen molar-refractivity contribution in [3.05, 3.63) is 59.5 Å². The van der Waals surface area contributed by atoms with E-state index in [1.807, 2.05) is 42.5 Å². The molecule has 0 aromatic heterocycles. The topological polar surface area (TPSA) is 0 Å². The number of halogens is 1. The number of rotatable bonds is 0. The molecule has 0 radical (unpaired) electrons. The first-order chi connectivity index (χ1) is 5.89. The van der Waals surface area contributed by atoms with Gasteiger partial charge in [0.1, 0.15) is 0 Å². The van der Waals surface area contributed by atoms with Crippen molar-refractivity contribution in [2.75, 3.05) is 0 Å². The number of benzene rings is 1. The fraction of sp³-hybridized carbons (Fsp3) is 0.0909. The average Bonchev–Trinajstić information content (AvgIpc) is 2.60. The van der Waals surface area contributed by atoms with Crippen molar-refractivity contribution in [1.82, 2.24) is 0 Å². The van der Waals surface area contributed by atoms with Gasteiger partial charge in [-0.2, -0.15) is 41.3 Å². The Kier molecular flexibility index (Phi) is 13.2. The minimum absolute atomic E-state index is 0. The van der Waals surface area contributed by atoms with Gasteiger partial charge in [-0.25, -0.2) is 0 Å². The molecule has 0 fully saturated rings. The molecule has 3 heteroatoms. The molecule has 14 heavy (non-hydrogen) atoms. The molecule has 2 rings (SSSR count). The van der Waals surface area contributed by atoms with Gasteiger partial charge in [0.15, 0.2) is 0 Å². The van der Waals surface area contributed by atoms with E-state index < -0.39 is 0 Å². The molecule has 0 heterocycles. The van der Waals surface area contributed by atoms with Crippen LogP contribution in [0.25, 0.3) is 0 Å². The van der Waals surface area contributed by atoms with E-state index in [0.29, 0.717) is 0 Å². The van der Waals surface area contributed by atoms with Crippen molar-refractivity contribution in [1.29, 1.82) is 0 Å².